The first-order chi connectivity index (χ1) is 15.6. The monoisotopic (exact) mass is 478 g/mol. The number of β-lactam (4-membered cyclic amide) rings is 1. The van der Waals surface area contributed by atoms with E-state index in [-0.39, 0.29) is 12.8 Å². The summed E-state index contributed by atoms with van der Waals surface area (Å²) in [4.78, 5) is 49.7. The number of hydrogen-bond donors (Lipinski definition) is 3. The zero-order chi connectivity index (χ0) is 24.3. The van der Waals surface area contributed by atoms with Gasteiger partial charge < -0.3 is 25.2 Å². The van der Waals surface area contributed by atoms with Crippen LogP contribution >= 0.6 is 11.8 Å². The molecular weight excluding hydrogens is 448 g/mol. The summed E-state index contributed by atoms with van der Waals surface area (Å²) in [5, 5.41) is 21.3. The first-order valence-corrected chi connectivity index (χ1v) is 11.9. The minimum atomic E-state index is -1.07. The van der Waals surface area contributed by atoms with E-state index in [1.165, 1.54) is 16.7 Å². The Morgan fingerprint density at radius 3 is 2.45 bits per heavy atom. The Morgan fingerprint density at radius 2 is 1.88 bits per heavy atom. The number of unbranched alkanes of at least 4 members (excludes halogenated alkanes) is 1. The highest BCUT2D eigenvalue weighted by atomic mass is 32.2. The van der Waals surface area contributed by atoms with E-state index < -0.39 is 51.9 Å². The van der Waals surface area contributed by atoms with Gasteiger partial charge >= 0.3 is 11.9 Å². The lowest BCUT2D eigenvalue weighted by Crippen LogP contribution is -2.70. The van der Waals surface area contributed by atoms with Gasteiger partial charge in [-0.3, -0.25) is 14.4 Å². The zero-order valence-corrected chi connectivity index (χ0v) is 19.8. The molecule has 9 nitrogen and oxygen atoms in total. The van der Waals surface area contributed by atoms with Crippen molar-refractivity contribution in [3.05, 3.63) is 29.8 Å². The van der Waals surface area contributed by atoms with E-state index in [1.54, 1.807) is 38.1 Å². The highest BCUT2D eigenvalue weighted by Crippen LogP contribution is 2.50. The third-order valence-corrected chi connectivity index (χ3v) is 7.57. The Labute approximate surface area is 196 Å². The number of carboxylic acid groups (broad SMARTS) is 2. The van der Waals surface area contributed by atoms with Gasteiger partial charge in [0.15, 0.2) is 0 Å². The second kappa shape index (κ2) is 10.0. The standard InChI is InChI=1S/C23H30N2O7S/c1-4-5-12-32-14-8-6-13(7-9-14)15(21(28)29)10-11-16(26)24-17-19(27)25-18(22(30)31)23(2,3)33-20(17)25/h6-9,15,17-18,20H,4-5,10-12H2,1-3H3,(H,24,26)(H,28,29)(H,30,31)/t15-,17-,18+,20-/m1/s1. The molecule has 2 fully saturated rings. The molecule has 2 saturated heterocycles. The molecule has 0 radical (unpaired) electrons. The van der Waals surface area contributed by atoms with Gasteiger partial charge in [0.1, 0.15) is 23.2 Å². The predicted octanol–water partition coefficient (Wildman–Crippen LogP) is 2.45. The van der Waals surface area contributed by atoms with Crippen LogP contribution in [0.3, 0.4) is 0 Å². The maximum atomic E-state index is 12.5. The molecule has 0 aliphatic carbocycles. The molecule has 2 heterocycles. The topological polar surface area (TPSA) is 133 Å². The van der Waals surface area contributed by atoms with Gasteiger partial charge in [0.25, 0.3) is 0 Å². The molecule has 10 heteroatoms. The molecule has 1 aromatic rings. The quantitative estimate of drug-likeness (QED) is 0.326. The summed E-state index contributed by atoms with van der Waals surface area (Å²) in [7, 11) is 0. The van der Waals surface area contributed by atoms with Crippen LogP contribution in [0, 0.1) is 0 Å². The van der Waals surface area contributed by atoms with Crippen LogP contribution < -0.4 is 10.1 Å². The summed E-state index contributed by atoms with van der Waals surface area (Å²) in [5.41, 5.74) is 0.571. The third-order valence-electron chi connectivity index (χ3n) is 6.00. The number of rotatable bonds is 11. The first kappa shape index (κ1) is 24.9. The molecule has 1 aromatic carbocycles. The van der Waals surface area contributed by atoms with Crippen LogP contribution in [0.1, 0.15) is 57.9 Å². The summed E-state index contributed by atoms with van der Waals surface area (Å²) >= 11 is 1.35. The number of hydrogen-bond acceptors (Lipinski definition) is 6. The van der Waals surface area contributed by atoms with Crippen molar-refractivity contribution in [1.82, 2.24) is 10.2 Å². The molecule has 2 aliphatic heterocycles. The number of amides is 2. The van der Waals surface area contributed by atoms with Gasteiger partial charge in [-0.05, 0) is 44.4 Å². The van der Waals surface area contributed by atoms with Crippen LogP contribution in [-0.4, -0.2) is 67.7 Å². The SMILES string of the molecule is CCCCOc1ccc([C@@H](CCC(=O)N[C@@H]2C(=O)N3[C@@H]2SC(C)(C)[C@@H]3C(=O)O)C(=O)O)cc1. The van der Waals surface area contributed by atoms with Crippen molar-refractivity contribution < 1.29 is 34.1 Å². The van der Waals surface area contributed by atoms with Crippen molar-refractivity contribution in [2.75, 3.05) is 6.61 Å². The predicted molar refractivity (Wildman–Crippen MR) is 122 cm³/mol. The first-order valence-electron chi connectivity index (χ1n) is 11.0. The second-order valence-electron chi connectivity index (χ2n) is 8.84. The summed E-state index contributed by atoms with van der Waals surface area (Å²) in [6, 6.07) is 5.08. The Bertz CT molecular complexity index is 918. The van der Waals surface area contributed by atoms with Crippen molar-refractivity contribution in [1.29, 1.82) is 0 Å². The Kier molecular flexibility index (Phi) is 7.56. The van der Waals surface area contributed by atoms with E-state index >= 15 is 0 Å². The van der Waals surface area contributed by atoms with Gasteiger partial charge in [0, 0.05) is 11.2 Å². The van der Waals surface area contributed by atoms with E-state index in [1.807, 2.05) is 0 Å². The van der Waals surface area contributed by atoms with Crippen molar-refractivity contribution >= 4 is 35.5 Å². The number of fused-ring (bicyclic) bond motifs is 1. The van der Waals surface area contributed by atoms with Crippen molar-refractivity contribution in [2.45, 2.75) is 74.6 Å². The van der Waals surface area contributed by atoms with E-state index in [0.717, 1.165) is 12.8 Å². The number of carbonyl (C=O) groups excluding carboxylic acids is 2. The molecule has 180 valence electrons. The largest absolute Gasteiger partial charge is 0.494 e. The Hall–Kier alpha value is -2.75. The smallest absolute Gasteiger partial charge is 0.327 e. The molecule has 33 heavy (non-hydrogen) atoms. The van der Waals surface area contributed by atoms with Crippen LogP contribution in [0.2, 0.25) is 0 Å². The molecular formula is C23H30N2O7S. The molecule has 3 N–H and O–H groups in total. The lowest BCUT2D eigenvalue weighted by Gasteiger charge is -2.43. The number of ether oxygens (including phenoxy) is 1. The van der Waals surface area contributed by atoms with Gasteiger partial charge in [-0.1, -0.05) is 25.5 Å². The number of carboxylic acids is 2. The van der Waals surface area contributed by atoms with Crippen molar-refractivity contribution in [3.8, 4) is 5.75 Å². The zero-order valence-electron chi connectivity index (χ0n) is 18.9. The molecule has 0 spiro atoms. The van der Waals surface area contributed by atoms with E-state index in [4.69, 9.17) is 4.74 Å². The highest BCUT2D eigenvalue weighted by molar-refractivity contribution is 8.01. The van der Waals surface area contributed by atoms with Gasteiger partial charge in [-0.25, -0.2) is 4.79 Å². The fourth-order valence-electron chi connectivity index (χ4n) is 4.23. The number of nitrogens with zero attached hydrogens (tertiary/aromatic N) is 1. The Morgan fingerprint density at radius 1 is 1.21 bits per heavy atom. The second-order valence-corrected chi connectivity index (χ2v) is 10.6. The minimum absolute atomic E-state index is 0.0708. The van der Waals surface area contributed by atoms with Crippen LogP contribution in [0.4, 0.5) is 0 Å². The summed E-state index contributed by atoms with van der Waals surface area (Å²) in [6.07, 6.45) is 1.95. The molecule has 0 unspecified atom stereocenters. The van der Waals surface area contributed by atoms with Crippen molar-refractivity contribution in [3.63, 3.8) is 0 Å². The average Bonchev–Trinajstić information content (AvgIpc) is 3.01. The molecule has 4 atom stereocenters. The third kappa shape index (κ3) is 5.26. The summed E-state index contributed by atoms with van der Waals surface area (Å²) in [6.45, 7) is 6.19. The van der Waals surface area contributed by atoms with Gasteiger partial charge in [0.2, 0.25) is 11.8 Å². The molecule has 0 bridgehead atoms. The van der Waals surface area contributed by atoms with E-state index in [2.05, 4.69) is 12.2 Å². The van der Waals surface area contributed by atoms with Crippen LogP contribution in [0.15, 0.2) is 24.3 Å². The van der Waals surface area contributed by atoms with Gasteiger partial charge in [0.05, 0.1) is 12.5 Å². The minimum Gasteiger partial charge on any atom is -0.494 e. The maximum Gasteiger partial charge on any atom is 0.327 e. The maximum absolute atomic E-state index is 12.5. The lowest BCUT2D eigenvalue weighted by molar-refractivity contribution is -0.161. The highest BCUT2D eigenvalue weighted by Gasteiger charge is 2.64. The van der Waals surface area contributed by atoms with E-state index in [9.17, 15) is 29.4 Å². The number of benzene rings is 1. The van der Waals surface area contributed by atoms with Crippen LogP contribution in [0.5, 0.6) is 5.75 Å². The number of nitrogens with one attached hydrogen (secondary N) is 1. The van der Waals surface area contributed by atoms with Crippen LogP contribution in [0.25, 0.3) is 0 Å². The molecule has 0 saturated carbocycles. The fraction of sp³-hybridized carbons (Fsp3) is 0.565. The fourth-order valence-corrected chi connectivity index (χ4v) is 5.86. The number of thioether (sulfide) groups is 1. The summed E-state index contributed by atoms with van der Waals surface area (Å²) < 4.78 is 4.92. The molecule has 3 rings (SSSR count). The molecule has 2 amide bonds. The molecule has 2 aliphatic rings. The number of carbonyl (C=O) groups is 4. The normalized spacial score (nSPS) is 23.9. The lowest BCUT2D eigenvalue weighted by atomic mass is 9.93. The van der Waals surface area contributed by atoms with E-state index in [0.29, 0.717) is 17.9 Å². The van der Waals surface area contributed by atoms with Crippen LogP contribution in [-0.2, 0) is 19.2 Å². The molecule has 0 aromatic heterocycles. The van der Waals surface area contributed by atoms with Gasteiger partial charge in [-0.15, -0.1) is 11.8 Å². The average molecular weight is 479 g/mol. The Balaban J connectivity index is 1.55. The number of aliphatic carboxylic acids is 2. The summed E-state index contributed by atoms with van der Waals surface area (Å²) in [5.74, 6) is -3.17. The van der Waals surface area contributed by atoms with Gasteiger partial charge in [-0.2, -0.15) is 0 Å². The van der Waals surface area contributed by atoms with Crippen molar-refractivity contribution in [2.24, 2.45) is 0 Å².